The van der Waals surface area contributed by atoms with Gasteiger partial charge in [-0.15, -0.1) is 0 Å². The molecule has 0 unspecified atom stereocenters. The summed E-state index contributed by atoms with van der Waals surface area (Å²) in [5.41, 5.74) is -0.145. The van der Waals surface area contributed by atoms with Crippen molar-refractivity contribution in [3.63, 3.8) is 0 Å². The number of piperidine rings is 1. The maximum Gasteiger partial charge on any atom is 0.410 e. The second-order valence-electron chi connectivity index (χ2n) is 7.62. The van der Waals surface area contributed by atoms with Crippen LogP contribution in [0.2, 0.25) is 0 Å². The Hall–Kier alpha value is -1.63. The van der Waals surface area contributed by atoms with Crippen molar-refractivity contribution in [1.82, 2.24) is 9.80 Å². The number of halogens is 2. The van der Waals surface area contributed by atoms with Crippen molar-refractivity contribution in [3.8, 4) is 0 Å². The number of carbonyl (C=O) groups excluding carboxylic acids is 2. The lowest BCUT2D eigenvalue weighted by Gasteiger charge is -2.37. The summed E-state index contributed by atoms with van der Waals surface area (Å²) >= 11 is 3.30. The topological polar surface area (TPSA) is 49.9 Å². The largest absolute Gasteiger partial charge is 0.444 e. The Balaban J connectivity index is 1.88. The summed E-state index contributed by atoms with van der Waals surface area (Å²) in [4.78, 5) is 28.0. The second-order valence-corrected chi connectivity index (χ2v) is 8.53. The number of likely N-dealkylation sites (tertiary alicyclic amines) is 1. The fraction of sp³-hybridized carbons (Fsp3) is 0.579. The van der Waals surface area contributed by atoms with Crippen molar-refractivity contribution in [3.05, 3.63) is 34.1 Å². The van der Waals surface area contributed by atoms with Crippen LogP contribution < -0.4 is 0 Å². The molecule has 26 heavy (non-hydrogen) atoms. The number of rotatable bonds is 3. The lowest BCUT2D eigenvalue weighted by Crippen LogP contribution is -2.48. The van der Waals surface area contributed by atoms with Gasteiger partial charge in [-0.25, -0.2) is 9.18 Å². The SMILES string of the molecule is CN(C(=O)OC(C)(C)C)C1CCN(C(=O)Cc2cc(Br)ccc2F)CC1. The molecule has 0 spiro atoms. The quantitative estimate of drug-likeness (QED) is 0.730. The van der Waals surface area contributed by atoms with Crippen molar-refractivity contribution in [2.24, 2.45) is 0 Å². The highest BCUT2D eigenvalue weighted by molar-refractivity contribution is 9.10. The standard InChI is InChI=1S/C19H26BrFN2O3/c1-19(2,3)26-18(25)22(4)15-7-9-23(10-8-15)17(24)12-13-11-14(20)5-6-16(13)21/h5-6,11,15H,7-10,12H2,1-4H3. The third-order valence-corrected chi connectivity index (χ3v) is 4.89. The molecule has 1 aromatic rings. The molecule has 5 nitrogen and oxygen atoms in total. The van der Waals surface area contributed by atoms with Gasteiger partial charge in [0.15, 0.2) is 0 Å². The molecule has 1 fully saturated rings. The van der Waals surface area contributed by atoms with Crippen LogP contribution in [0.3, 0.4) is 0 Å². The zero-order valence-corrected chi connectivity index (χ0v) is 17.3. The highest BCUT2D eigenvalue weighted by Gasteiger charge is 2.30. The average molecular weight is 429 g/mol. The molecule has 1 heterocycles. The first-order chi connectivity index (χ1) is 12.1. The minimum Gasteiger partial charge on any atom is -0.444 e. The van der Waals surface area contributed by atoms with E-state index in [0.717, 1.165) is 4.47 Å². The van der Waals surface area contributed by atoms with Crippen LogP contribution in [-0.2, 0) is 16.0 Å². The van der Waals surface area contributed by atoms with E-state index < -0.39 is 5.60 Å². The summed E-state index contributed by atoms with van der Waals surface area (Å²) in [5.74, 6) is -0.471. The van der Waals surface area contributed by atoms with Crippen molar-refractivity contribution >= 4 is 27.9 Å². The van der Waals surface area contributed by atoms with Gasteiger partial charge in [-0.2, -0.15) is 0 Å². The predicted molar refractivity (Wildman–Crippen MR) is 101 cm³/mol. The number of hydrogen-bond donors (Lipinski definition) is 0. The van der Waals surface area contributed by atoms with E-state index in [9.17, 15) is 14.0 Å². The maximum absolute atomic E-state index is 13.8. The van der Waals surface area contributed by atoms with Gasteiger partial charge in [-0.05, 0) is 57.4 Å². The number of hydrogen-bond acceptors (Lipinski definition) is 3. The van der Waals surface area contributed by atoms with Crippen LogP contribution in [0.4, 0.5) is 9.18 Å². The van der Waals surface area contributed by atoms with Gasteiger partial charge in [0.1, 0.15) is 11.4 Å². The number of carbonyl (C=O) groups is 2. The van der Waals surface area contributed by atoms with Gasteiger partial charge in [0.05, 0.1) is 6.42 Å². The average Bonchev–Trinajstić information content (AvgIpc) is 2.56. The summed E-state index contributed by atoms with van der Waals surface area (Å²) in [6.07, 6.45) is 1.06. The Kier molecular flexibility index (Phi) is 6.66. The van der Waals surface area contributed by atoms with E-state index in [2.05, 4.69) is 15.9 Å². The molecule has 1 aliphatic heterocycles. The predicted octanol–water partition coefficient (Wildman–Crippen LogP) is 3.99. The molecule has 0 atom stereocenters. The van der Waals surface area contributed by atoms with Crippen LogP contribution in [0.1, 0.15) is 39.2 Å². The van der Waals surface area contributed by atoms with Gasteiger partial charge >= 0.3 is 6.09 Å². The molecule has 7 heteroatoms. The van der Waals surface area contributed by atoms with Crippen LogP contribution in [-0.4, -0.2) is 53.6 Å². The van der Waals surface area contributed by atoms with E-state index in [1.165, 1.54) is 6.07 Å². The van der Waals surface area contributed by atoms with Crippen LogP contribution in [0.5, 0.6) is 0 Å². The zero-order chi connectivity index (χ0) is 19.5. The fourth-order valence-corrected chi connectivity index (χ4v) is 3.35. The van der Waals surface area contributed by atoms with E-state index >= 15 is 0 Å². The molecule has 2 amide bonds. The first-order valence-electron chi connectivity index (χ1n) is 8.74. The van der Waals surface area contributed by atoms with Gasteiger partial charge in [0, 0.05) is 30.7 Å². The van der Waals surface area contributed by atoms with Gasteiger partial charge in [-0.3, -0.25) is 4.79 Å². The molecular formula is C19H26BrFN2O3. The van der Waals surface area contributed by atoms with Crippen molar-refractivity contribution in [2.45, 2.75) is 51.7 Å². The molecule has 144 valence electrons. The summed E-state index contributed by atoms with van der Waals surface area (Å²) in [6, 6.07) is 4.64. The smallest absolute Gasteiger partial charge is 0.410 e. The van der Waals surface area contributed by atoms with Gasteiger partial charge in [-0.1, -0.05) is 15.9 Å². The monoisotopic (exact) mass is 428 g/mol. The molecule has 0 radical (unpaired) electrons. The molecule has 0 aliphatic carbocycles. The number of nitrogens with zero attached hydrogens (tertiary/aromatic N) is 2. The minimum absolute atomic E-state index is 0.0384. The summed E-state index contributed by atoms with van der Waals surface area (Å²) < 4.78 is 20.0. The third-order valence-electron chi connectivity index (χ3n) is 4.40. The Morgan fingerprint density at radius 3 is 2.50 bits per heavy atom. The Bertz CT molecular complexity index is 667. The number of benzene rings is 1. The minimum atomic E-state index is -0.532. The van der Waals surface area contributed by atoms with E-state index in [1.807, 2.05) is 20.8 Å². The lowest BCUT2D eigenvalue weighted by molar-refractivity contribution is -0.131. The van der Waals surface area contributed by atoms with Crippen molar-refractivity contribution in [2.75, 3.05) is 20.1 Å². The third kappa shape index (κ3) is 5.69. The Labute approximate surface area is 162 Å². The van der Waals surface area contributed by atoms with Gasteiger partial charge in [0.25, 0.3) is 0 Å². The molecule has 1 aromatic carbocycles. The lowest BCUT2D eigenvalue weighted by atomic mass is 10.0. The molecule has 0 bridgehead atoms. The van der Waals surface area contributed by atoms with Gasteiger partial charge < -0.3 is 14.5 Å². The molecule has 0 N–H and O–H groups in total. The van der Waals surface area contributed by atoms with Crippen LogP contribution in [0.25, 0.3) is 0 Å². The fourth-order valence-electron chi connectivity index (χ4n) is 2.94. The first-order valence-corrected chi connectivity index (χ1v) is 9.53. The Morgan fingerprint density at radius 2 is 1.92 bits per heavy atom. The van der Waals surface area contributed by atoms with E-state index in [4.69, 9.17) is 4.74 Å². The molecule has 1 aliphatic rings. The molecular weight excluding hydrogens is 403 g/mol. The normalized spacial score (nSPS) is 15.7. The summed E-state index contributed by atoms with van der Waals surface area (Å²) in [6.45, 7) is 6.60. The highest BCUT2D eigenvalue weighted by Crippen LogP contribution is 2.21. The van der Waals surface area contributed by atoms with Crippen molar-refractivity contribution < 1.29 is 18.7 Å². The Morgan fingerprint density at radius 1 is 1.31 bits per heavy atom. The van der Waals surface area contributed by atoms with Crippen molar-refractivity contribution in [1.29, 1.82) is 0 Å². The summed E-state index contributed by atoms with van der Waals surface area (Å²) in [5, 5.41) is 0. The van der Waals surface area contributed by atoms with Crippen LogP contribution in [0, 0.1) is 5.82 Å². The first kappa shape index (κ1) is 20.7. The highest BCUT2D eigenvalue weighted by atomic mass is 79.9. The molecule has 2 rings (SSSR count). The van der Waals surface area contributed by atoms with E-state index in [-0.39, 0.29) is 30.3 Å². The van der Waals surface area contributed by atoms with Gasteiger partial charge in [0.2, 0.25) is 5.91 Å². The molecule has 0 aromatic heterocycles. The van der Waals surface area contributed by atoms with E-state index in [0.29, 0.717) is 31.5 Å². The maximum atomic E-state index is 13.8. The van der Waals surface area contributed by atoms with E-state index in [1.54, 1.807) is 29.0 Å². The number of ether oxygens (including phenoxy) is 1. The molecule has 1 saturated heterocycles. The number of amides is 2. The second kappa shape index (κ2) is 8.37. The van der Waals surface area contributed by atoms with Crippen LogP contribution in [0.15, 0.2) is 22.7 Å². The summed E-state index contributed by atoms with van der Waals surface area (Å²) in [7, 11) is 1.73. The van der Waals surface area contributed by atoms with Crippen LogP contribution >= 0.6 is 15.9 Å². The zero-order valence-electron chi connectivity index (χ0n) is 15.7. The molecule has 0 saturated carbocycles.